The molecule has 1 atom stereocenters. The molecule has 0 aliphatic carbocycles. The van der Waals surface area contributed by atoms with Crippen LogP contribution in [0.5, 0.6) is 11.5 Å². The number of carbonyl (C=O) groups is 1. The number of thioether (sulfide) groups is 1. The molecule has 144 valence electrons. The Morgan fingerprint density at radius 2 is 2.00 bits per heavy atom. The normalized spacial score (nSPS) is 17.8. The molecule has 0 radical (unpaired) electrons. The number of hydrogen-bond acceptors (Lipinski definition) is 7. The second kappa shape index (κ2) is 7.55. The lowest BCUT2D eigenvalue weighted by atomic mass is 10.1. The minimum atomic E-state index is -0.524. The molecular weight excluding hydrogens is 376 g/mol. The highest BCUT2D eigenvalue weighted by atomic mass is 32.2. The first kappa shape index (κ1) is 18.4. The Morgan fingerprint density at radius 1 is 1.18 bits per heavy atom. The summed E-state index contributed by atoms with van der Waals surface area (Å²) in [6.07, 6.45) is -0.524. The molecule has 0 fully saturated rings. The summed E-state index contributed by atoms with van der Waals surface area (Å²) >= 11 is 1.48. The Labute approximate surface area is 166 Å². The van der Waals surface area contributed by atoms with Crippen molar-refractivity contribution in [2.24, 2.45) is 10.1 Å². The van der Waals surface area contributed by atoms with Crippen LogP contribution < -0.4 is 25.4 Å². The van der Waals surface area contributed by atoms with E-state index in [0.717, 1.165) is 21.9 Å². The van der Waals surface area contributed by atoms with Crippen LogP contribution in [0.2, 0.25) is 0 Å². The van der Waals surface area contributed by atoms with Crippen LogP contribution in [0.15, 0.2) is 52.6 Å². The largest absolute Gasteiger partial charge is 0.497 e. The van der Waals surface area contributed by atoms with E-state index in [4.69, 9.17) is 14.5 Å². The van der Waals surface area contributed by atoms with Gasteiger partial charge < -0.3 is 9.47 Å². The summed E-state index contributed by atoms with van der Waals surface area (Å²) in [4.78, 5) is 17.8. The minimum absolute atomic E-state index is 0.189. The van der Waals surface area contributed by atoms with Gasteiger partial charge in [-0.25, -0.2) is 5.01 Å². The fourth-order valence-electron chi connectivity index (χ4n) is 3.26. The van der Waals surface area contributed by atoms with E-state index in [9.17, 15) is 4.79 Å². The summed E-state index contributed by atoms with van der Waals surface area (Å²) in [7, 11) is 3.21. The number of methoxy groups -OCH3 is 2. The van der Waals surface area contributed by atoms with Gasteiger partial charge in [0.2, 0.25) is 0 Å². The molecule has 1 amide bonds. The second-order valence-electron chi connectivity index (χ2n) is 6.11. The van der Waals surface area contributed by atoms with Gasteiger partial charge in [-0.2, -0.15) is 0 Å². The number of para-hydroxylation sites is 1. The smallest absolute Gasteiger partial charge is 0.276 e. The maximum Gasteiger partial charge on any atom is 0.276 e. The Morgan fingerprint density at radius 3 is 2.75 bits per heavy atom. The number of nitrogens with zero attached hydrogens (tertiary/aromatic N) is 3. The summed E-state index contributed by atoms with van der Waals surface area (Å²) in [5, 5.41) is 11.3. The number of carbonyl (C=O) groups excluding carboxylic acids is 1. The molecule has 0 bridgehead atoms. The number of hydrogen-bond donors (Lipinski definition) is 1. The number of amidine groups is 1. The van der Waals surface area contributed by atoms with Crippen LogP contribution in [0.3, 0.4) is 0 Å². The van der Waals surface area contributed by atoms with Crippen LogP contribution in [0, 0.1) is 0 Å². The van der Waals surface area contributed by atoms with Crippen LogP contribution >= 0.6 is 11.8 Å². The molecule has 1 N–H and O–H groups in total. The number of rotatable bonds is 4. The highest BCUT2D eigenvalue weighted by molar-refractivity contribution is 8.13. The summed E-state index contributed by atoms with van der Waals surface area (Å²) in [6, 6.07) is 13.1. The second-order valence-corrected chi connectivity index (χ2v) is 7.37. The van der Waals surface area contributed by atoms with Crippen molar-refractivity contribution >= 4 is 28.5 Å². The average Bonchev–Trinajstić information content (AvgIpc) is 2.72. The first-order valence-electron chi connectivity index (χ1n) is 8.87. The molecule has 2 aliphatic heterocycles. The third-order valence-corrected chi connectivity index (χ3v) is 5.26. The van der Waals surface area contributed by atoms with Crippen molar-refractivity contribution in [2.45, 2.75) is 13.1 Å². The monoisotopic (exact) mass is 396 g/mol. The quantitative estimate of drug-likeness (QED) is 0.850. The van der Waals surface area contributed by atoms with Gasteiger partial charge in [-0.3, -0.25) is 15.1 Å². The predicted molar refractivity (Wildman–Crippen MR) is 108 cm³/mol. The van der Waals surface area contributed by atoms with Gasteiger partial charge in [0.05, 0.1) is 19.6 Å². The van der Waals surface area contributed by atoms with E-state index in [1.165, 1.54) is 11.8 Å². The van der Waals surface area contributed by atoms with Crippen molar-refractivity contribution in [3.63, 3.8) is 0 Å². The van der Waals surface area contributed by atoms with Gasteiger partial charge in [0.1, 0.15) is 17.2 Å². The van der Waals surface area contributed by atoms with Crippen molar-refractivity contribution in [1.29, 1.82) is 0 Å². The van der Waals surface area contributed by atoms with Gasteiger partial charge in [0, 0.05) is 16.8 Å². The first-order valence-corrected chi connectivity index (χ1v) is 9.86. The molecule has 7 nitrogen and oxygen atoms in total. The molecule has 2 aromatic carbocycles. The Kier molecular flexibility index (Phi) is 4.95. The molecule has 4 rings (SSSR count). The van der Waals surface area contributed by atoms with Crippen LogP contribution in [0.25, 0.3) is 5.70 Å². The molecule has 0 aromatic heterocycles. The zero-order valence-electron chi connectivity index (χ0n) is 15.8. The van der Waals surface area contributed by atoms with Gasteiger partial charge in [-0.05, 0) is 24.0 Å². The van der Waals surface area contributed by atoms with Gasteiger partial charge in [0.15, 0.2) is 11.3 Å². The highest BCUT2D eigenvalue weighted by Crippen LogP contribution is 2.37. The topological polar surface area (TPSA) is 75.5 Å². The van der Waals surface area contributed by atoms with Gasteiger partial charge in [-0.1, -0.05) is 36.9 Å². The zero-order chi connectivity index (χ0) is 19.7. The van der Waals surface area contributed by atoms with E-state index < -0.39 is 6.17 Å². The first-order chi connectivity index (χ1) is 13.7. The average molecular weight is 396 g/mol. The van der Waals surface area contributed by atoms with Crippen LogP contribution in [-0.2, 0) is 4.79 Å². The molecule has 0 spiro atoms. The molecule has 0 saturated heterocycles. The lowest BCUT2D eigenvalue weighted by molar-refractivity contribution is -0.116. The summed E-state index contributed by atoms with van der Waals surface area (Å²) in [6.45, 7) is 2.01. The lowest BCUT2D eigenvalue weighted by Crippen LogP contribution is -2.50. The van der Waals surface area contributed by atoms with E-state index in [1.54, 1.807) is 25.3 Å². The lowest BCUT2D eigenvalue weighted by Gasteiger charge is -2.34. The third-order valence-electron chi connectivity index (χ3n) is 4.52. The number of benzene rings is 2. The van der Waals surface area contributed by atoms with Crippen molar-refractivity contribution in [1.82, 2.24) is 10.3 Å². The summed E-state index contributed by atoms with van der Waals surface area (Å²) in [5.41, 5.74) is 1.28. The predicted octanol–water partition coefficient (Wildman–Crippen LogP) is 1.60. The summed E-state index contributed by atoms with van der Waals surface area (Å²) in [5.74, 6) is 1.92. The number of amides is 1. The summed E-state index contributed by atoms with van der Waals surface area (Å²) < 4.78 is 10.9. The standard InChI is InChI=1S/C20H20N4O3S/c1-4-28-20-22-19(25)17-13-7-5-6-8-15(13)21-18(24(17)23-20)14-10-9-12(26-2)11-16(14)27-3/h5-11,18H,4H2,1-3H3,(H,22,23,25)/t18-/m0/s1. The van der Waals surface area contributed by atoms with Crippen LogP contribution in [-0.4, -0.2) is 36.1 Å². The molecule has 2 aromatic rings. The fraction of sp³-hybridized carbons (Fsp3) is 0.250. The zero-order valence-corrected chi connectivity index (χ0v) is 16.6. The molecule has 2 aliphatic rings. The van der Waals surface area contributed by atoms with Crippen molar-refractivity contribution in [3.05, 3.63) is 58.6 Å². The fourth-order valence-corrected chi connectivity index (χ4v) is 3.85. The SMILES string of the molecule is CCSC1=NN2C(=c3ccccc3=N[C@@H]2c2ccc(OC)cc2OC)C(=O)N1. The number of ether oxygens (including phenoxy) is 2. The molecule has 0 saturated carbocycles. The minimum Gasteiger partial charge on any atom is -0.497 e. The van der Waals surface area contributed by atoms with E-state index in [2.05, 4.69) is 10.4 Å². The van der Waals surface area contributed by atoms with Crippen molar-refractivity contribution in [2.75, 3.05) is 20.0 Å². The number of hydrazone groups is 1. The molecular formula is C20H20N4O3S. The maximum absolute atomic E-state index is 12.9. The third kappa shape index (κ3) is 3.09. The van der Waals surface area contributed by atoms with E-state index in [-0.39, 0.29) is 5.91 Å². The van der Waals surface area contributed by atoms with Crippen molar-refractivity contribution < 1.29 is 14.3 Å². The molecule has 8 heteroatoms. The van der Waals surface area contributed by atoms with Crippen LogP contribution in [0.4, 0.5) is 0 Å². The van der Waals surface area contributed by atoms with E-state index in [1.807, 2.05) is 43.3 Å². The number of fused-ring (bicyclic) bond motifs is 2. The Balaban J connectivity index is 1.95. The van der Waals surface area contributed by atoms with Crippen LogP contribution in [0.1, 0.15) is 18.7 Å². The van der Waals surface area contributed by atoms with E-state index in [0.29, 0.717) is 22.4 Å². The maximum atomic E-state index is 12.9. The van der Waals surface area contributed by atoms with Gasteiger partial charge >= 0.3 is 0 Å². The Bertz CT molecular complexity index is 1080. The van der Waals surface area contributed by atoms with Gasteiger partial charge in [0.25, 0.3) is 5.91 Å². The highest BCUT2D eigenvalue weighted by Gasteiger charge is 2.35. The number of nitrogens with one attached hydrogen (secondary N) is 1. The van der Waals surface area contributed by atoms with E-state index >= 15 is 0 Å². The molecule has 2 heterocycles. The van der Waals surface area contributed by atoms with Crippen molar-refractivity contribution in [3.8, 4) is 11.5 Å². The Hall–Kier alpha value is -3.00. The molecule has 0 unspecified atom stereocenters. The van der Waals surface area contributed by atoms with Gasteiger partial charge in [-0.15, -0.1) is 5.10 Å². The molecule has 28 heavy (non-hydrogen) atoms.